The van der Waals surface area contributed by atoms with E-state index in [2.05, 4.69) is 65.5 Å². The summed E-state index contributed by atoms with van der Waals surface area (Å²) in [7, 11) is 0. The monoisotopic (exact) mass is 389 g/mol. The molecule has 1 aromatic heterocycles. The van der Waals surface area contributed by atoms with Crippen LogP contribution in [0.3, 0.4) is 0 Å². The summed E-state index contributed by atoms with van der Waals surface area (Å²) in [6.07, 6.45) is 0. The largest absolute Gasteiger partial charge is 0.378 e. The summed E-state index contributed by atoms with van der Waals surface area (Å²) >= 11 is 1.41. The molecule has 0 unspecified atom stereocenters. The summed E-state index contributed by atoms with van der Waals surface area (Å²) in [6, 6.07) is 8.27. The van der Waals surface area contributed by atoms with Crippen LogP contribution in [0.2, 0.25) is 0 Å². The van der Waals surface area contributed by atoms with Gasteiger partial charge in [-0.2, -0.15) is 0 Å². The van der Waals surface area contributed by atoms with Crippen molar-refractivity contribution in [2.75, 3.05) is 43.5 Å². The number of thioether (sulfide) groups is 1. The lowest BCUT2D eigenvalue weighted by atomic mass is 10.2. The molecule has 8 heteroatoms. The van der Waals surface area contributed by atoms with Crippen molar-refractivity contribution >= 4 is 23.6 Å². The van der Waals surface area contributed by atoms with Crippen LogP contribution in [0.25, 0.3) is 5.69 Å². The highest BCUT2D eigenvalue weighted by Crippen LogP contribution is 2.27. The molecule has 146 valence electrons. The fourth-order valence-electron chi connectivity index (χ4n) is 2.74. The maximum atomic E-state index is 12.1. The van der Waals surface area contributed by atoms with Crippen LogP contribution in [0.15, 0.2) is 29.4 Å². The van der Waals surface area contributed by atoms with E-state index in [1.54, 1.807) is 0 Å². The standard InChI is InChI=1S/C19H27N5O2S/c1-14(2)12-20-17(25)13-27-19-22-21-18(23-8-10-26-11-9-23)24(19)16-6-4-15(3)5-7-16/h4-7,14H,8-13H2,1-3H3,(H,20,25). The average Bonchev–Trinajstić information content (AvgIpc) is 3.10. The molecule has 1 amide bonds. The Labute approximate surface area is 164 Å². The van der Waals surface area contributed by atoms with E-state index in [0.29, 0.717) is 31.4 Å². The van der Waals surface area contributed by atoms with Gasteiger partial charge in [0.05, 0.1) is 24.7 Å². The van der Waals surface area contributed by atoms with Crippen molar-refractivity contribution in [1.82, 2.24) is 20.1 Å². The summed E-state index contributed by atoms with van der Waals surface area (Å²) in [6.45, 7) is 9.83. The Bertz CT molecular complexity index is 754. The minimum Gasteiger partial charge on any atom is -0.378 e. The van der Waals surface area contributed by atoms with Gasteiger partial charge < -0.3 is 15.0 Å². The fraction of sp³-hybridized carbons (Fsp3) is 0.526. The van der Waals surface area contributed by atoms with Gasteiger partial charge in [-0.3, -0.25) is 9.36 Å². The van der Waals surface area contributed by atoms with Gasteiger partial charge >= 0.3 is 0 Å². The number of anilines is 1. The zero-order chi connectivity index (χ0) is 19.2. The highest BCUT2D eigenvalue weighted by molar-refractivity contribution is 7.99. The van der Waals surface area contributed by atoms with Crippen LogP contribution in [0, 0.1) is 12.8 Å². The molecule has 1 aromatic carbocycles. The van der Waals surface area contributed by atoms with Crippen LogP contribution in [0.4, 0.5) is 5.95 Å². The lowest BCUT2D eigenvalue weighted by Crippen LogP contribution is -2.37. The third-order valence-electron chi connectivity index (χ3n) is 4.24. The van der Waals surface area contributed by atoms with Gasteiger partial charge in [-0.25, -0.2) is 0 Å². The molecule has 3 rings (SSSR count). The minimum absolute atomic E-state index is 0.0140. The fourth-order valence-corrected chi connectivity index (χ4v) is 3.52. The van der Waals surface area contributed by atoms with E-state index in [9.17, 15) is 4.79 Å². The molecule has 0 aliphatic carbocycles. The summed E-state index contributed by atoms with van der Waals surface area (Å²) in [5.41, 5.74) is 2.19. The van der Waals surface area contributed by atoms with Crippen molar-refractivity contribution in [3.8, 4) is 5.69 Å². The van der Waals surface area contributed by atoms with E-state index in [-0.39, 0.29) is 5.91 Å². The molecule has 0 spiro atoms. The number of aromatic nitrogens is 3. The van der Waals surface area contributed by atoms with Gasteiger partial charge in [0.25, 0.3) is 0 Å². The van der Waals surface area contributed by atoms with Gasteiger partial charge in [0.1, 0.15) is 0 Å². The van der Waals surface area contributed by atoms with Gasteiger partial charge in [0.2, 0.25) is 11.9 Å². The van der Waals surface area contributed by atoms with Gasteiger partial charge in [-0.15, -0.1) is 10.2 Å². The molecule has 0 radical (unpaired) electrons. The molecule has 7 nitrogen and oxygen atoms in total. The van der Waals surface area contributed by atoms with E-state index >= 15 is 0 Å². The predicted octanol–water partition coefficient (Wildman–Crippen LogP) is 2.28. The number of hydrogen-bond acceptors (Lipinski definition) is 6. The third-order valence-corrected chi connectivity index (χ3v) is 5.17. The van der Waals surface area contributed by atoms with Crippen LogP contribution < -0.4 is 10.2 Å². The number of carbonyl (C=O) groups is 1. The first-order valence-electron chi connectivity index (χ1n) is 9.29. The number of benzene rings is 1. The lowest BCUT2D eigenvalue weighted by molar-refractivity contribution is -0.118. The number of nitrogens with zero attached hydrogens (tertiary/aromatic N) is 4. The molecule has 0 saturated carbocycles. The zero-order valence-corrected chi connectivity index (χ0v) is 17.0. The summed E-state index contributed by atoms with van der Waals surface area (Å²) in [5.74, 6) is 1.57. The molecule has 2 heterocycles. The van der Waals surface area contributed by atoms with Crippen molar-refractivity contribution in [3.63, 3.8) is 0 Å². The number of hydrogen-bond donors (Lipinski definition) is 1. The molecule has 1 aliphatic heterocycles. The Balaban J connectivity index is 1.81. The number of morpholine rings is 1. The number of rotatable bonds is 7. The Kier molecular flexibility index (Phi) is 6.73. The first kappa shape index (κ1) is 19.7. The Morgan fingerprint density at radius 2 is 1.93 bits per heavy atom. The topological polar surface area (TPSA) is 72.3 Å². The first-order chi connectivity index (χ1) is 13.0. The van der Waals surface area contributed by atoms with Crippen molar-refractivity contribution in [2.45, 2.75) is 25.9 Å². The van der Waals surface area contributed by atoms with Gasteiger partial charge in [0.15, 0.2) is 5.16 Å². The molecule has 1 fully saturated rings. The van der Waals surface area contributed by atoms with Crippen molar-refractivity contribution < 1.29 is 9.53 Å². The maximum absolute atomic E-state index is 12.1. The van der Waals surface area contributed by atoms with E-state index < -0.39 is 0 Å². The number of amides is 1. The number of ether oxygens (including phenoxy) is 1. The van der Waals surface area contributed by atoms with Crippen LogP contribution >= 0.6 is 11.8 Å². The second kappa shape index (κ2) is 9.23. The van der Waals surface area contributed by atoms with Gasteiger partial charge in [-0.05, 0) is 25.0 Å². The molecular weight excluding hydrogens is 362 g/mol. The van der Waals surface area contributed by atoms with E-state index in [1.165, 1.54) is 17.3 Å². The number of carbonyl (C=O) groups excluding carboxylic acids is 1. The molecule has 0 bridgehead atoms. The van der Waals surface area contributed by atoms with Crippen LogP contribution in [-0.2, 0) is 9.53 Å². The highest BCUT2D eigenvalue weighted by atomic mass is 32.2. The smallest absolute Gasteiger partial charge is 0.232 e. The number of aryl methyl sites for hydroxylation is 1. The molecule has 2 aromatic rings. The molecule has 27 heavy (non-hydrogen) atoms. The predicted molar refractivity (Wildman–Crippen MR) is 108 cm³/mol. The Morgan fingerprint density at radius 1 is 1.22 bits per heavy atom. The minimum atomic E-state index is 0.0140. The maximum Gasteiger partial charge on any atom is 0.232 e. The molecular formula is C19H27N5O2S. The summed E-state index contributed by atoms with van der Waals surface area (Å²) < 4.78 is 7.49. The Hall–Kier alpha value is -2.06. The normalized spacial score (nSPS) is 14.6. The van der Waals surface area contributed by atoms with Gasteiger partial charge in [-0.1, -0.05) is 43.3 Å². The summed E-state index contributed by atoms with van der Waals surface area (Å²) in [4.78, 5) is 14.3. The average molecular weight is 390 g/mol. The second-order valence-electron chi connectivity index (χ2n) is 7.04. The first-order valence-corrected chi connectivity index (χ1v) is 10.3. The zero-order valence-electron chi connectivity index (χ0n) is 16.1. The quantitative estimate of drug-likeness (QED) is 0.733. The highest BCUT2D eigenvalue weighted by Gasteiger charge is 2.22. The van der Waals surface area contributed by atoms with E-state index in [4.69, 9.17) is 4.74 Å². The summed E-state index contributed by atoms with van der Waals surface area (Å²) in [5, 5.41) is 12.5. The van der Waals surface area contributed by atoms with E-state index in [0.717, 1.165) is 29.9 Å². The molecule has 1 N–H and O–H groups in total. The van der Waals surface area contributed by atoms with Crippen LogP contribution in [-0.4, -0.2) is 59.3 Å². The van der Waals surface area contributed by atoms with Gasteiger partial charge in [0, 0.05) is 19.6 Å². The van der Waals surface area contributed by atoms with Crippen molar-refractivity contribution in [3.05, 3.63) is 29.8 Å². The number of nitrogens with one attached hydrogen (secondary N) is 1. The van der Waals surface area contributed by atoms with Crippen LogP contribution in [0.5, 0.6) is 0 Å². The second-order valence-corrected chi connectivity index (χ2v) is 7.98. The molecule has 0 atom stereocenters. The third kappa shape index (κ3) is 5.23. The van der Waals surface area contributed by atoms with Crippen LogP contribution in [0.1, 0.15) is 19.4 Å². The Morgan fingerprint density at radius 3 is 2.59 bits per heavy atom. The SMILES string of the molecule is Cc1ccc(-n2c(SCC(=O)NCC(C)C)nnc2N2CCOCC2)cc1. The lowest BCUT2D eigenvalue weighted by Gasteiger charge is -2.28. The van der Waals surface area contributed by atoms with Crippen molar-refractivity contribution in [2.24, 2.45) is 5.92 Å². The molecule has 1 saturated heterocycles. The van der Waals surface area contributed by atoms with Crippen molar-refractivity contribution in [1.29, 1.82) is 0 Å². The van der Waals surface area contributed by atoms with E-state index in [1.807, 2.05) is 4.57 Å². The molecule has 1 aliphatic rings.